The summed E-state index contributed by atoms with van der Waals surface area (Å²) in [5, 5.41) is 0. The number of carbonyl (C=O) groups is 2. The Morgan fingerprint density at radius 1 is 1.36 bits per heavy atom. The molecule has 14 heavy (non-hydrogen) atoms. The van der Waals surface area contributed by atoms with E-state index < -0.39 is 5.41 Å². The lowest BCUT2D eigenvalue weighted by Crippen LogP contribution is -2.36. The van der Waals surface area contributed by atoms with E-state index in [9.17, 15) is 9.59 Å². The van der Waals surface area contributed by atoms with Crippen molar-refractivity contribution in [1.29, 1.82) is 0 Å². The van der Waals surface area contributed by atoms with Crippen LogP contribution in [0.15, 0.2) is 23.8 Å². The molecule has 0 spiro atoms. The minimum Gasteiger partial charge on any atom is -0.295 e. The maximum Gasteiger partial charge on any atom is 0.165 e. The zero-order valence-corrected chi connectivity index (χ0v) is 9.02. The average Bonchev–Trinajstić information content (AvgIpc) is 2.12. The topological polar surface area (TPSA) is 34.1 Å². The van der Waals surface area contributed by atoms with Crippen molar-refractivity contribution in [2.75, 3.05) is 0 Å². The van der Waals surface area contributed by atoms with Crippen molar-refractivity contribution in [2.45, 2.75) is 33.6 Å². The molecule has 76 valence electrons. The Hall–Kier alpha value is -1.18. The monoisotopic (exact) mass is 192 g/mol. The predicted molar refractivity (Wildman–Crippen MR) is 55.9 cm³/mol. The maximum atomic E-state index is 11.9. The number of allylic oxidation sites excluding steroid dienone is 3. The fourth-order valence-corrected chi connectivity index (χ4v) is 1.88. The summed E-state index contributed by atoms with van der Waals surface area (Å²) in [7, 11) is 0. The standard InChI is InChI=1S/C12H16O2/c1-5-6-12(4)7-10(13)8(2)9(3)11(12)14/h5H,1,6-7H2,2-4H3. The minimum absolute atomic E-state index is 0.0893. The van der Waals surface area contributed by atoms with Crippen LogP contribution >= 0.6 is 0 Å². The van der Waals surface area contributed by atoms with Gasteiger partial charge in [0.25, 0.3) is 0 Å². The van der Waals surface area contributed by atoms with Gasteiger partial charge >= 0.3 is 0 Å². The fourth-order valence-electron chi connectivity index (χ4n) is 1.88. The highest BCUT2D eigenvalue weighted by molar-refractivity contribution is 6.13. The zero-order chi connectivity index (χ0) is 10.9. The molecule has 0 saturated carbocycles. The van der Waals surface area contributed by atoms with Crippen LogP contribution in [0.1, 0.15) is 33.6 Å². The Morgan fingerprint density at radius 3 is 2.43 bits per heavy atom. The molecule has 0 aromatic carbocycles. The van der Waals surface area contributed by atoms with Crippen LogP contribution in [0.2, 0.25) is 0 Å². The van der Waals surface area contributed by atoms with E-state index in [-0.39, 0.29) is 11.6 Å². The van der Waals surface area contributed by atoms with Crippen LogP contribution in [0, 0.1) is 5.41 Å². The summed E-state index contributed by atoms with van der Waals surface area (Å²) >= 11 is 0. The van der Waals surface area contributed by atoms with Crippen LogP contribution in [0.25, 0.3) is 0 Å². The molecule has 0 aromatic heterocycles. The first-order valence-corrected chi connectivity index (χ1v) is 4.79. The minimum atomic E-state index is -0.553. The second kappa shape index (κ2) is 3.52. The largest absolute Gasteiger partial charge is 0.295 e. The number of carbonyl (C=O) groups excluding carboxylic acids is 2. The van der Waals surface area contributed by atoms with E-state index in [1.165, 1.54) is 0 Å². The van der Waals surface area contributed by atoms with Crippen molar-refractivity contribution >= 4 is 11.6 Å². The first kappa shape index (κ1) is 10.9. The molecule has 0 radical (unpaired) electrons. The SMILES string of the molecule is C=CCC1(C)CC(=O)C(C)=C(C)C1=O. The molecule has 2 heteroatoms. The lowest BCUT2D eigenvalue weighted by Gasteiger charge is -2.31. The van der Waals surface area contributed by atoms with E-state index in [2.05, 4.69) is 6.58 Å². The van der Waals surface area contributed by atoms with Crippen molar-refractivity contribution < 1.29 is 9.59 Å². The molecule has 2 nitrogen and oxygen atoms in total. The first-order chi connectivity index (χ1) is 6.42. The van der Waals surface area contributed by atoms with Crippen molar-refractivity contribution in [3.63, 3.8) is 0 Å². The summed E-state index contributed by atoms with van der Waals surface area (Å²) in [4.78, 5) is 23.5. The number of ketones is 2. The molecule has 0 aromatic rings. The van der Waals surface area contributed by atoms with Crippen LogP contribution in [-0.4, -0.2) is 11.6 Å². The summed E-state index contributed by atoms with van der Waals surface area (Å²) in [6, 6.07) is 0. The summed E-state index contributed by atoms with van der Waals surface area (Å²) in [6.45, 7) is 8.92. The lowest BCUT2D eigenvalue weighted by atomic mass is 9.70. The first-order valence-electron chi connectivity index (χ1n) is 4.79. The molecule has 0 heterocycles. The normalized spacial score (nSPS) is 28.2. The highest BCUT2D eigenvalue weighted by Crippen LogP contribution is 2.36. The second-order valence-electron chi connectivity index (χ2n) is 4.23. The predicted octanol–water partition coefficient (Wildman–Crippen LogP) is 2.45. The Morgan fingerprint density at radius 2 is 1.93 bits per heavy atom. The van der Waals surface area contributed by atoms with Crippen molar-refractivity contribution in [3.05, 3.63) is 23.8 Å². The molecule has 1 aliphatic rings. The van der Waals surface area contributed by atoms with E-state index in [0.717, 1.165) is 0 Å². The summed E-state index contributed by atoms with van der Waals surface area (Å²) in [6.07, 6.45) is 2.60. The molecule has 0 aliphatic heterocycles. The van der Waals surface area contributed by atoms with Crippen LogP contribution in [-0.2, 0) is 9.59 Å². The summed E-state index contributed by atoms with van der Waals surface area (Å²) in [5.41, 5.74) is 0.685. The van der Waals surface area contributed by atoms with Gasteiger partial charge in [0, 0.05) is 11.8 Å². The third kappa shape index (κ3) is 1.57. The summed E-state index contributed by atoms with van der Waals surface area (Å²) < 4.78 is 0. The van der Waals surface area contributed by atoms with Gasteiger partial charge in [-0.2, -0.15) is 0 Å². The smallest absolute Gasteiger partial charge is 0.165 e. The third-order valence-corrected chi connectivity index (χ3v) is 3.02. The fraction of sp³-hybridized carbons (Fsp3) is 0.500. The average molecular weight is 192 g/mol. The van der Waals surface area contributed by atoms with E-state index in [1.54, 1.807) is 19.9 Å². The number of Topliss-reactive ketones (excluding diaryl/α,β-unsaturated/α-hetero) is 2. The van der Waals surface area contributed by atoms with Crippen LogP contribution < -0.4 is 0 Å². The Bertz CT molecular complexity index is 336. The van der Waals surface area contributed by atoms with Crippen molar-refractivity contribution in [1.82, 2.24) is 0 Å². The highest BCUT2D eigenvalue weighted by Gasteiger charge is 2.39. The molecular weight excluding hydrogens is 176 g/mol. The lowest BCUT2D eigenvalue weighted by molar-refractivity contribution is -0.131. The molecule has 0 saturated heterocycles. The molecule has 0 amide bonds. The van der Waals surface area contributed by atoms with Gasteiger partial charge in [-0.3, -0.25) is 9.59 Å². The van der Waals surface area contributed by atoms with E-state index in [1.807, 2.05) is 6.92 Å². The number of rotatable bonds is 2. The molecule has 0 bridgehead atoms. The molecule has 1 atom stereocenters. The zero-order valence-electron chi connectivity index (χ0n) is 9.02. The molecular formula is C12H16O2. The van der Waals surface area contributed by atoms with Gasteiger partial charge in [0.2, 0.25) is 0 Å². The van der Waals surface area contributed by atoms with E-state index in [0.29, 0.717) is 24.0 Å². The van der Waals surface area contributed by atoms with Gasteiger partial charge in [0.05, 0.1) is 0 Å². The van der Waals surface area contributed by atoms with Crippen LogP contribution in [0.3, 0.4) is 0 Å². The van der Waals surface area contributed by atoms with Crippen LogP contribution in [0.5, 0.6) is 0 Å². The van der Waals surface area contributed by atoms with Gasteiger partial charge in [-0.1, -0.05) is 13.0 Å². The maximum absolute atomic E-state index is 11.9. The quantitative estimate of drug-likeness (QED) is 0.630. The molecule has 1 aliphatic carbocycles. The second-order valence-corrected chi connectivity index (χ2v) is 4.23. The number of hydrogen-bond acceptors (Lipinski definition) is 2. The van der Waals surface area contributed by atoms with Gasteiger partial charge in [-0.25, -0.2) is 0 Å². The number of hydrogen-bond donors (Lipinski definition) is 0. The third-order valence-electron chi connectivity index (χ3n) is 3.02. The van der Waals surface area contributed by atoms with Gasteiger partial charge in [0.1, 0.15) is 0 Å². The van der Waals surface area contributed by atoms with Crippen LogP contribution in [0.4, 0.5) is 0 Å². The van der Waals surface area contributed by atoms with E-state index >= 15 is 0 Å². The molecule has 1 unspecified atom stereocenters. The highest BCUT2D eigenvalue weighted by atomic mass is 16.1. The van der Waals surface area contributed by atoms with Crippen molar-refractivity contribution in [3.8, 4) is 0 Å². The van der Waals surface area contributed by atoms with Crippen molar-refractivity contribution in [2.24, 2.45) is 5.41 Å². The van der Waals surface area contributed by atoms with Gasteiger partial charge in [0.15, 0.2) is 11.6 Å². The van der Waals surface area contributed by atoms with Gasteiger partial charge in [-0.05, 0) is 31.4 Å². The Kier molecular flexibility index (Phi) is 2.74. The Balaban J connectivity index is 3.14. The molecule has 0 N–H and O–H groups in total. The Labute approximate surface area is 84.7 Å². The summed E-state index contributed by atoms with van der Waals surface area (Å²) in [5.74, 6) is 0.181. The van der Waals surface area contributed by atoms with Gasteiger partial charge in [-0.15, -0.1) is 6.58 Å². The molecule has 0 fully saturated rings. The van der Waals surface area contributed by atoms with Gasteiger partial charge < -0.3 is 0 Å². The van der Waals surface area contributed by atoms with E-state index in [4.69, 9.17) is 0 Å². The molecule has 1 rings (SSSR count).